The molecule has 2 aromatic carbocycles. The van der Waals surface area contributed by atoms with Gasteiger partial charge in [0.2, 0.25) is 0 Å². The minimum atomic E-state index is -0.770. The van der Waals surface area contributed by atoms with Crippen molar-refractivity contribution in [3.05, 3.63) is 58.3 Å². The lowest BCUT2D eigenvalue weighted by Gasteiger charge is -2.15. The van der Waals surface area contributed by atoms with Crippen LogP contribution in [0, 0.1) is 5.82 Å². The smallest absolute Gasteiger partial charge is 0.265 e. The van der Waals surface area contributed by atoms with Crippen LogP contribution in [0.3, 0.4) is 0 Å². The predicted octanol–water partition coefficient (Wildman–Crippen LogP) is 4.54. The van der Waals surface area contributed by atoms with Crippen molar-refractivity contribution in [2.75, 3.05) is 5.32 Å². The number of amides is 1. The number of halogens is 3. The van der Waals surface area contributed by atoms with E-state index in [4.69, 9.17) is 27.9 Å². The Morgan fingerprint density at radius 1 is 1.19 bits per heavy atom. The summed E-state index contributed by atoms with van der Waals surface area (Å²) in [6, 6.07) is 10.8. The number of hydrogen-bond acceptors (Lipinski definition) is 2. The highest BCUT2D eigenvalue weighted by Gasteiger charge is 2.16. The fourth-order valence-corrected chi connectivity index (χ4v) is 1.96. The van der Waals surface area contributed by atoms with Gasteiger partial charge in [0, 0.05) is 5.69 Å². The number of benzene rings is 2. The first-order valence-electron chi connectivity index (χ1n) is 6.14. The van der Waals surface area contributed by atoms with Gasteiger partial charge < -0.3 is 10.1 Å². The fourth-order valence-electron chi connectivity index (χ4n) is 1.60. The lowest BCUT2D eigenvalue weighted by atomic mass is 10.3. The van der Waals surface area contributed by atoms with Gasteiger partial charge >= 0.3 is 0 Å². The molecule has 0 aliphatic heterocycles. The van der Waals surface area contributed by atoms with Crippen molar-refractivity contribution in [1.82, 2.24) is 0 Å². The molecule has 1 N–H and O–H groups in total. The number of anilines is 1. The molecule has 0 aliphatic carbocycles. The van der Waals surface area contributed by atoms with Crippen molar-refractivity contribution in [3.8, 4) is 5.75 Å². The molecule has 110 valence electrons. The summed E-state index contributed by atoms with van der Waals surface area (Å²) in [5.74, 6) is -0.522. The quantitative estimate of drug-likeness (QED) is 0.895. The maximum absolute atomic E-state index is 13.0. The standard InChI is InChI=1S/C15H12Cl2FNO2/c1-9(21-14-5-3-2-4-11(14)16)15(20)19-10-6-7-13(18)12(17)8-10/h2-9H,1H3,(H,19,20). The highest BCUT2D eigenvalue weighted by Crippen LogP contribution is 2.25. The highest BCUT2D eigenvalue weighted by molar-refractivity contribution is 6.32. The number of carbonyl (C=O) groups excluding carboxylic acids is 1. The van der Waals surface area contributed by atoms with E-state index < -0.39 is 17.8 Å². The topological polar surface area (TPSA) is 38.3 Å². The largest absolute Gasteiger partial charge is 0.479 e. The normalized spacial score (nSPS) is 11.8. The summed E-state index contributed by atoms with van der Waals surface area (Å²) >= 11 is 11.6. The lowest BCUT2D eigenvalue weighted by Crippen LogP contribution is -2.30. The van der Waals surface area contributed by atoms with Gasteiger partial charge in [0.25, 0.3) is 5.91 Å². The number of ether oxygens (including phenoxy) is 1. The van der Waals surface area contributed by atoms with Gasteiger partial charge in [0.05, 0.1) is 10.0 Å². The van der Waals surface area contributed by atoms with Crippen LogP contribution < -0.4 is 10.1 Å². The molecule has 0 heterocycles. The van der Waals surface area contributed by atoms with E-state index in [0.29, 0.717) is 16.5 Å². The Balaban J connectivity index is 2.02. The van der Waals surface area contributed by atoms with Crippen LogP contribution in [-0.4, -0.2) is 12.0 Å². The Kier molecular flexibility index (Phi) is 5.04. The van der Waals surface area contributed by atoms with Gasteiger partial charge in [-0.1, -0.05) is 35.3 Å². The molecule has 6 heteroatoms. The van der Waals surface area contributed by atoms with Crippen molar-refractivity contribution in [2.45, 2.75) is 13.0 Å². The molecular formula is C15H12Cl2FNO2. The summed E-state index contributed by atoms with van der Waals surface area (Å²) in [6.07, 6.45) is -0.770. The summed E-state index contributed by atoms with van der Waals surface area (Å²) in [4.78, 5) is 12.0. The van der Waals surface area contributed by atoms with Gasteiger partial charge in [-0.25, -0.2) is 4.39 Å². The first kappa shape index (κ1) is 15.6. The minimum absolute atomic E-state index is 0.0625. The molecule has 1 atom stereocenters. The Bertz CT molecular complexity index is 664. The first-order chi connectivity index (χ1) is 9.97. The zero-order valence-electron chi connectivity index (χ0n) is 11.1. The summed E-state index contributed by atoms with van der Waals surface area (Å²) in [7, 11) is 0. The molecule has 0 bridgehead atoms. The van der Waals surface area contributed by atoms with Crippen molar-refractivity contribution in [2.24, 2.45) is 0 Å². The average Bonchev–Trinajstić information content (AvgIpc) is 2.45. The monoisotopic (exact) mass is 327 g/mol. The highest BCUT2D eigenvalue weighted by atomic mass is 35.5. The van der Waals surface area contributed by atoms with Crippen LogP contribution >= 0.6 is 23.2 Å². The second-order valence-electron chi connectivity index (χ2n) is 4.31. The second-order valence-corrected chi connectivity index (χ2v) is 5.12. The molecule has 1 unspecified atom stereocenters. The van der Waals surface area contributed by atoms with E-state index in [-0.39, 0.29) is 5.02 Å². The number of carbonyl (C=O) groups is 1. The average molecular weight is 328 g/mol. The van der Waals surface area contributed by atoms with Crippen LogP contribution in [-0.2, 0) is 4.79 Å². The van der Waals surface area contributed by atoms with Crippen molar-refractivity contribution < 1.29 is 13.9 Å². The fraction of sp³-hybridized carbons (Fsp3) is 0.133. The van der Waals surface area contributed by atoms with Crippen molar-refractivity contribution in [1.29, 1.82) is 0 Å². The van der Waals surface area contributed by atoms with Gasteiger partial charge in [-0.3, -0.25) is 4.79 Å². The molecule has 0 fully saturated rings. The van der Waals surface area contributed by atoms with Crippen molar-refractivity contribution in [3.63, 3.8) is 0 Å². The van der Waals surface area contributed by atoms with Gasteiger partial charge in [-0.15, -0.1) is 0 Å². The lowest BCUT2D eigenvalue weighted by molar-refractivity contribution is -0.122. The number of para-hydroxylation sites is 1. The number of rotatable bonds is 4. The van der Waals surface area contributed by atoms with Crippen LogP contribution in [0.2, 0.25) is 10.0 Å². The third-order valence-electron chi connectivity index (χ3n) is 2.70. The molecule has 0 spiro atoms. The molecule has 1 amide bonds. The minimum Gasteiger partial charge on any atom is -0.479 e. The molecule has 0 aliphatic rings. The Labute approximate surface area is 131 Å². The number of nitrogens with one attached hydrogen (secondary N) is 1. The van der Waals surface area contributed by atoms with Gasteiger partial charge in [-0.05, 0) is 37.3 Å². The van der Waals surface area contributed by atoms with Gasteiger partial charge in [0.15, 0.2) is 6.10 Å². The molecule has 0 saturated heterocycles. The van der Waals surface area contributed by atoms with Crippen molar-refractivity contribution >= 4 is 34.8 Å². The predicted molar refractivity (Wildman–Crippen MR) is 81.6 cm³/mol. The summed E-state index contributed by atoms with van der Waals surface area (Å²) in [5, 5.41) is 2.95. The number of hydrogen-bond donors (Lipinski definition) is 1. The summed E-state index contributed by atoms with van der Waals surface area (Å²) in [5.41, 5.74) is 0.390. The first-order valence-corrected chi connectivity index (χ1v) is 6.90. The maximum Gasteiger partial charge on any atom is 0.265 e. The van der Waals surface area contributed by atoms with Crippen LogP contribution in [0.15, 0.2) is 42.5 Å². The van der Waals surface area contributed by atoms with E-state index in [9.17, 15) is 9.18 Å². The summed E-state index contributed by atoms with van der Waals surface area (Å²) < 4.78 is 18.5. The third kappa shape index (κ3) is 4.09. The Hall–Kier alpha value is -1.78. The van der Waals surface area contributed by atoms with E-state index in [1.807, 2.05) is 0 Å². The van der Waals surface area contributed by atoms with Crippen LogP contribution in [0.4, 0.5) is 10.1 Å². The maximum atomic E-state index is 13.0. The third-order valence-corrected chi connectivity index (χ3v) is 3.30. The van der Waals surface area contributed by atoms with Gasteiger partial charge in [0.1, 0.15) is 11.6 Å². The molecule has 2 rings (SSSR count). The molecule has 21 heavy (non-hydrogen) atoms. The van der Waals surface area contributed by atoms with E-state index in [1.165, 1.54) is 18.2 Å². The molecule has 0 radical (unpaired) electrons. The molecule has 0 aromatic heterocycles. The Morgan fingerprint density at radius 3 is 2.57 bits per heavy atom. The van der Waals surface area contributed by atoms with E-state index in [0.717, 1.165) is 0 Å². The molecule has 0 saturated carbocycles. The van der Waals surface area contributed by atoms with E-state index in [1.54, 1.807) is 31.2 Å². The molecule has 2 aromatic rings. The molecular weight excluding hydrogens is 316 g/mol. The van der Waals surface area contributed by atoms with Crippen LogP contribution in [0.25, 0.3) is 0 Å². The van der Waals surface area contributed by atoms with Crippen LogP contribution in [0.1, 0.15) is 6.92 Å². The second kappa shape index (κ2) is 6.78. The zero-order valence-corrected chi connectivity index (χ0v) is 12.6. The van der Waals surface area contributed by atoms with Crippen LogP contribution in [0.5, 0.6) is 5.75 Å². The SMILES string of the molecule is CC(Oc1ccccc1Cl)C(=O)Nc1ccc(F)c(Cl)c1. The van der Waals surface area contributed by atoms with E-state index >= 15 is 0 Å². The summed E-state index contributed by atoms with van der Waals surface area (Å²) in [6.45, 7) is 1.59. The van der Waals surface area contributed by atoms with E-state index in [2.05, 4.69) is 5.32 Å². The van der Waals surface area contributed by atoms with Gasteiger partial charge in [-0.2, -0.15) is 0 Å². The zero-order chi connectivity index (χ0) is 15.4. The Morgan fingerprint density at radius 2 is 1.90 bits per heavy atom. The molecule has 3 nitrogen and oxygen atoms in total.